The number of aromatic nitrogens is 3. The molecule has 2 atom stereocenters. The smallest absolute Gasteiger partial charge is 0.252 e. The van der Waals surface area contributed by atoms with Crippen molar-refractivity contribution in [3.05, 3.63) is 41.8 Å². The number of hydrogen-bond donors (Lipinski definition) is 4. The van der Waals surface area contributed by atoms with Crippen LogP contribution < -0.4 is 22.1 Å². The van der Waals surface area contributed by atoms with E-state index >= 15 is 0 Å². The zero-order valence-corrected chi connectivity index (χ0v) is 16.2. The first-order valence-electron chi connectivity index (χ1n) is 9.64. The lowest BCUT2D eigenvalue weighted by Gasteiger charge is -2.30. The first-order chi connectivity index (χ1) is 13.9. The van der Waals surface area contributed by atoms with Crippen LogP contribution >= 0.6 is 0 Å². The first-order valence-corrected chi connectivity index (χ1v) is 9.64. The van der Waals surface area contributed by atoms with Crippen LogP contribution in [-0.4, -0.2) is 32.8 Å². The molecule has 2 heterocycles. The van der Waals surface area contributed by atoms with Gasteiger partial charge in [-0.2, -0.15) is 5.10 Å². The van der Waals surface area contributed by atoms with Crippen LogP contribution in [0.2, 0.25) is 0 Å². The molecule has 0 radical (unpaired) electrons. The van der Waals surface area contributed by atoms with Crippen LogP contribution in [0.25, 0.3) is 10.9 Å². The molecule has 0 aliphatic heterocycles. The van der Waals surface area contributed by atoms with E-state index in [0.29, 0.717) is 5.69 Å². The van der Waals surface area contributed by atoms with Crippen molar-refractivity contribution in [1.29, 1.82) is 0 Å². The lowest BCUT2D eigenvalue weighted by molar-refractivity contribution is 0.100. The molecule has 8 nitrogen and oxygen atoms in total. The topological polar surface area (TPSA) is 124 Å². The number of anilines is 3. The molecule has 1 aliphatic rings. The molecule has 3 aromatic rings. The summed E-state index contributed by atoms with van der Waals surface area (Å²) in [4.78, 5) is 16.3. The Labute approximate surface area is 167 Å². The average Bonchev–Trinajstić information content (AvgIpc) is 3.08. The number of amides is 1. The Kier molecular flexibility index (Phi) is 5.06. The highest BCUT2D eigenvalue weighted by molar-refractivity contribution is 6.00. The number of aryl methyl sites for hydroxylation is 1. The molecule has 6 N–H and O–H groups in total. The Bertz CT molecular complexity index is 1060. The van der Waals surface area contributed by atoms with Gasteiger partial charge in [0.2, 0.25) is 0 Å². The van der Waals surface area contributed by atoms with Crippen molar-refractivity contribution >= 4 is 34.1 Å². The molecule has 29 heavy (non-hydrogen) atoms. The molecule has 1 aliphatic carbocycles. The minimum atomic E-state index is -0.766. The molecule has 0 bridgehead atoms. The zero-order valence-electron chi connectivity index (χ0n) is 16.2. The zero-order chi connectivity index (χ0) is 20.5. The van der Waals surface area contributed by atoms with Gasteiger partial charge >= 0.3 is 0 Å². The summed E-state index contributed by atoms with van der Waals surface area (Å²) in [6.07, 6.45) is 5.54. The summed E-state index contributed by atoms with van der Waals surface area (Å²) >= 11 is 0. The molecular formula is C20H24FN7O. The molecule has 1 amide bonds. The fraction of sp³-hybridized carbons (Fsp3) is 0.350. The molecule has 1 saturated carbocycles. The fourth-order valence-corrected chi connectivity index (χ4v) is 3.80. The number of halogens is 1. The standard InChI is InChI=1S/C20H24FN7O/c1-28-17-8-4-7-15(12(17)10-24-28)25-19-11(18(23)29)9-13(21)20(27-19)26-16-6-3-2-5-14(16)22/h4,7-10,14,16H,2-3,5-6,22H2,1H3,(H2,23,29)(H2,25,26,27)/t14-,16+/m0/s1. The summed E-state index contributed by atoms with van der Waals surface area (Å²) in [6.45, 7) is 0. The molecule has 1 aromatic carbocycles. The molecule has 4 rings (SSSR count). The van der Waals surface area contributed by atoms with Crippen LogP contribution in [0.4, 0.5) is 21.7 Å². The van der Waals surface area contributed by atoms with E-state index in [0.717, 1.165) is 42.7 Å². The Morgan fingerprint density at radius 1 is 1.28 bits per heavy atom. The quantitative estimate of drug-likeness (QED) is 0.525. The van der Waals surface area contributed by atoms with Gasteiger partial charge < -0.3 is 22.1 Å². The number of primary amides is 1. The molecule has 0 spiro atoms. The highest BCUT2D eigenvalue weighted by atomic mass is 19.1. The van der Waals surface area contributed by atoms with Gasteiger partial charge in [0.15, 0.2) is 11.6 Å². The van der Waals surface area contributed by atoms with E-state index in [2.05, 4.69) is 20.7 Å². The largest absolute Gasteiger partial charge is 0.365 e. The van der Waals surface area contributed by atoms with Gasteiger partial charge in [0.25, 0.3) is 5.91 Å². The summed E-state index contributed by atoms with van der Waals surface area (Å²) in [5.41, 5.74) is 13.2. The first kappa shape index (κ1) is 19.1. The third-order valence-corrected chi connectivity index (χ3v) is 5.43. The van der Waals surface area contributed by atoms with Gasteiger partial charge in [-0.1, -0.05) is 18.9 Å². The maximum atomic E-state index is 14.7. The maximum absolute atomic E-state index is 14.7. The monoisotopic (exact) mass is 397 g/mol. The molecule has 1 fully saturated rings. The van der Waals surface area contributed by atoms with Crippen molar-refractivity contribution in [2.24, 2.45) is 18.5 Å². The molecule has 152 valence electrons. The Hall–Kier alpha value is -3.20. The number of carbonyl (C=O) groups is 1. The summed E-state index contributed by atoms with van der Waals surface area (Å²) in [6, 6.07) is 6.60. The SMILES string of the molecule is Cn1ncc2c(Nc3nc(N[C@@H]4CCCC[C@@H]4N)c(F)cc3C(N)=O)cccc21. The second-order valence-electron chi connectivity index (χ2n) is 7.41. The van der Waals surface area contributed by atoms with Crippen LogP contribution in [0.15, 0.2) is 30.5 Å². The van der Waals surface area contributed by atoms with Crippen molar-refractivity contribution in [2.75, 3.05) is 10.6 Å². The highest BCUT2D eigenvalue weighted by Gasteiger charge is 2.24. The number of pyridine rings is 1. The second-order valence-corrected chi connectivity index (χ2v) is 7.41. The predicted molar refractivity (Wildman–Crippen MR) is 111 cm³/mol. The van der Waals surface area contributed by atoms with E-state index in [9.17, 15) is 9.18 Å². The van der Waals surface area contributed by atoms with E-state index < -0.39 is 11.7 Å². The van der Waals surface area contributed by atoms with E-state index in [4.69, 9.17) is 11.5 Å². The number of fused-ring (bicyclic) bond motifs is 1. The average molecular weight is 397 g/mol. The number of carbonyl (C=O) groups excluding carboxylic acids is 1. The Balaban J connectivity index is 1.71. The number of benzene rings is 1. The summed E-state index contributed by atoms with van der Waals surface area (Å²) < 4.78 is 16.4. The number of nitrogens with zero attached hydrogens (tertiary/aromatic N) is 3. The van der Waals surface area contributed by atoms with Crippen molar-refractivity contribution in [3.8, 4) is 0 Å². The van der Waals surface area contributed by atoms with Gasteiger partial charge in [-0.3, -0.25) is 9.48 Å². The van der Waals surface area contributed by atoms with Gasteiger partial charge in [0, 0.05) is 24.5 Å². The normalized spacial score (nSPS) is 19.3. The van der Waals surface area contributed by atoms with Crippen molar-refractivity contribution in [3.63, 3.8) is 0 Å². The molecule has 0 saturated heterocycles. The van der Waals surface area contributed by atoms with Crippen LogP contribution in [0.5, 0.6) is 0 Å². The van der Waals surface area contributed by atoms with Crippen LogP contribution in [0.3, 0.4) is 0 Å². The maximum Gasteiger partial charge on any atom is 0.252 e. The third-order valence-electron chi connectivity index (χ3n) is 5.43. The number of nitrogens with one attached hydrogen (secondary N) is 2. The molecule has 2 aromatic heterocycles. The number of nitrogens with two attached hydrogens (primary N) is 2. The van der Waals surface area contributed by atoms with E-state index in [1.165, 1.54) is 0 Å². The van der Waals surface area contributed by atoms with Crippen LogP contribution in [0, 0.1) is 5.82 Å². The van der Waals surface area contributed by atoms with Gasteiger partial charge in [-0.15, -0.1) is 0 Å². The molecule has 9 heteroatoms. The fourth-order valence-electron chi connectivity index (χ4n) is 3.80. The minimum Gasteiger partial charge on any atom is -0.365 e. The predicted octanol–water partition coefficient (Wildman–Crippen LogP) is 2.63. The van der Waals surface area contributed by atoms with Crippen molar-refractivity contribution < 1.29 is 9.18 Å². The van der Waals surface area contributed by atoms with E-state index in [1.54, 1.807) is 10.9 Å². The van der Waals surface area contributed by atoms with Gasteiger partial charge in [0.05, 0.1) is 23.0 Å². The van der Waals surface area contributed by atoms with Crippen LogP contribution in [-0.2, 0) is 7.05 Å². The van der Waals surface area contributed by atoms with Gasteiger partial charge in [-0.25, -0.2) is 9.37 Å². The Morgan fingerprint density at radius 3 is 2.83 bits per heavy atom. The van der Waals surface area contributed by atoms with Gasteiger partial charge in [0.1, 0.15) is 5.82 Å². The second kappa shape index (κ2) is 7.67. The number of rotatable bonds is 5. The molecular weight excluding hydrogens is 373 g/mol. The highest BCUT2D eigenvalue weighted by Crippen LogP contribution is 2.29. The molecule has 0 unspecified atom stereocenters. The van der Waals surface area contributed by atoms with E-state index in [1.807, 2.05) is 25.2 Å². The Morgan fingerprint density at radius 2 is 2.07 bits per heavy atom. The number of hydrogen-bond acceptors (Lipinski definition) is 6. The summed E-state index contributed by atoms with van der Waals surface area (Å²) in [7, 11) is 1.84. The van der Waals surface area contributed by atoms with Crippen molar-refractivity contribution in [1.82, 2.24) is 14.8 Å². The summed E-state index contributed by atoms with van der Waals surface area (Å²) in [5.74, 6) is -1.17. The lowest BCUT2D eigenvalue weighted by Crippen LogP contribution is -2.43. The summed E-state index contributed by atoms with van der Waals surface area (Å²) in [5, 5.41) is 11.3. The van der Waals surface area contributed by atoms with Gasteiger partial charge in [-0.05, 0) is 31.0 Å². The minimum absolute atomic E-state index is 0.0260. The van der Waals surface area contributed by atoms with Crippen LogP contribution in [0.1, 0.15) is 36.0 Å². The van der Waals surface area contributed by atoms with E-state index in [-0.39, 0.29) is 29.3 Å². The lowest BCUT2D eigenvalue weighted by atomic mass is 9.91. The third kappa shape index (κ3) is 3.73. The van der Waals surface area contributed by atoms with Crippen molar-refractivity contribution in [2.45, 2.75) is 37.8 Å².